The van der Waals surface area contributed by atoms with Gasteiger partial charge in [-0.2, -0.15) is 15.3 Å². The molecule has 2 aromatic heterocycles. The molecule has 0 spiro atoms. The van der Waals surface area contributed by atoms with E-state index in [9.17, 15) is 0 Å². The summed E-state index contributed by atoms with van der Waals surface area (Å²) in [5, 5.41) is 16.6. The van der Waals surface area contributed by atoms with E-state index >= 15 is 0 Å². The second-order valence-electron chi connectivity index (χ2n) is 6.61. The van der Waals surface area contributed by atoms with Crippen molar-refractivity contribution in [1.82, 2.24) is 25.3 Å². The molecule has 1 fully saturated rings. The van der Waals surface area contributed by atoms with Crippen LogP contribution in [0.25, 0.3) is 0 Å². The molecule has 0 N–H and O–H groups in total. The molecule has 120 valence electrons. The van der Waals surface area contributed by atoms with Gasteiger partial charge in [0.2, 0.25) is 0 Å². The third-order valence-electron chi connectivity index (χ3n) is 4.94. The lowest BCUT2D eigenvalue weighted by molar-refractivity contribution is 0.196. The van der Waals surface area contributed by atoms with Crippen LogP contribution in [0.1, 0.15) is 29.7 Å². The van der Waals surface area contributed by atoms with Crippen molar-refractivity contribution in [2.24, 2.45) is 0 Å². The largest absolute Gasteiger partial charge is 0.352 e. The van der Waals surface area contributed by atoms with E-state index in [4.69, 9.17) is 0 Å². The molecule has 6 nitrogen and oxygen atoms in total. The maximum absolute atomic E-state index is 4.44. The summed E-state index contributed by atoms with van der Waals surface area (Å²) in [5.74, 6) is 1.04. The zero-order chi connectivity index (χ0) is 15.6. The van der Waals surface area contributed by atoms with Crippen molar-refractivity contribution in [3.8, 4) is 0 Å². The first-order valence-electron chi connectivity index (χ1n) is 8.36. The van der Waals surface area contributed by atoms with E-state index in [1.54, 1.807) is 6.20 Å². The highest BCUT2D eigenvalue weighted by Crippen LogP contribution is 2.26. The van der Waals surface area contributed by atoms with E-state index in [1.807, 2.05) is 12.3 Å². The molecule has 1 saturated heterocycles. The van der Waals surface area contributed by atoms with Crippen LogP contribution in [0, 0.1) is 0 Å². The Bertz CT molecular complexity index is 668. The Morgan fingerprint density at radius 3 is 2.87 bits per heavy atom. The van der Waals surface area contributed by atoms with Gasteiger partial charge in [-0.05, 0) is 56.0 Å². The van der Waals surface area contributed by atoms with Gasteiger partial charge in [0.1, 0.15) is 0 Å². The first-order valence-corrected chi connectivity index (χ1v) is 8.36. The van der Waals surface area contributed by atoms with Gasteiger partial charge in [0.25, 0.3) is 0 Å². The highest BCUT2D eigenvalue weighted by molar-refractivity contribution is 5.45. The summed E-state index contributed by atoms with van der Waals surface area (Å²) in [7, 11) is 2.17. The van der Waals surface area contributed by atoms with Crippen molar-refractivity contribution in [2.75, 3.05) is 25.0 Å². The van der Waals surface area contributed by atoms with E-state index in [2.05, 4.69) is 43.3 Å². The molecule has 6 heteroatoms. The number of hydrogen-bond donors (Lipinski definition) is 0. The lowest BCUT2D eigenvalue weighted by Crippen LogP contribution is -2.58. The standard InChI is InChI=1S/C17H22N6/c1-22(10-13-6-7-18-19-9-13)15-11-23(12-15)17-8-14-4-2-3-5-16(14)20-21-17/h6-9,15H,2-5,10-12H2,1H3. The quantitative estimate of drug-likeness (QED) is 0.852. The average Bonchev–Trinajstić information content (AvgIpc) is 2.54. The molecule has 2 aromatic rings. The minimum atomic E-state index is 0.556. The van der Waals surface area contributed by atoms with Gasteiger partial charge in [-0.3, -0.25) is 4.90 Å². The topological polar surface area (TPSA) is 58.0 Å². The Balaban J connectivity index is 1.36. The maximum Gasteiger partial charge on any atom is 0.151 e. The molecule has 0 radical (unpaired) electrons. The minimum Gasteiger partial charge on any atom is -0.352 e. The third kappa shape index (κ3) is 3.03. The van der Waals surface area contributed by atoms with Crippen LogP contribution in [0.2, 0.25) is 0 Å². The number of aromatic nitrogens is 4. The molecule has 1 aliphatic carbocycles. The molecule has 0 unspecified atom stereocenters. The fourth-order valence-electron chi connectivity index (χ4n) is 3.38. The molecule has 3 heterocycles. The normalized spacial score (nSPS) is 17.9. The van der Waals surface area contributed by atoms with Crippen molar-refractivity contribution in [3.05, 3.63) is 41.3 Å². The molecule has 23 heavy (non-hydrogen) atoms. The van der Waals surface area contributed by atoms with Gasteiger partial charge in [0.15, 0.2) is 5.82 Å². The zero-order valence-electron chi connectivity index (χ0n) is 13.5. The number of hydrogen-bond acceptors (Lipinski definition) is 6. The predicted octanol–water partition coefficient (Wildman–Crippen LogP) is 1.47. The van der Waals surface area contributed by atoms with Crippen molar-refractivity contribution in [3.63, 3.8) is 0 Å². The van der Waals surface area contributed by atoms with Crippen LogP contribution in [0.15, 0.2) is 24.5 Å². The van der Waals surface area contributed by atoms with Gasteiger partial charge in [-0.25, -0.2) is 0 Å². The molecular formula is C17H22N6. The molecule has 1 aliphatic heterocycles. The predicted molar refractivity (Wildman–Crippen MR) is 88.2 cm³/mol. The van der Waals surface area contributed by atoms with Gasteiger partial charge >= 0.3 is 0 Å². The van der Waals surface area contributed by atoms with E-state index in [0.29, 0.717) is 6.04 Å². The number of likely N-dealkylation sites (N-methyl/N-ethyl adjacent to an activating group) is 1. The lowest BCUT2D eigenvalue weighted by Gasteiger charge is -2.44. The van der Waals surface area contributed by atoms with Crippen LogP contribution in [-0.2, 0) is 19.4 Å². The van der Waals surface area contributed by atoms with Gasteiger partial charge < -0.3 is 4.90 Å². The summed E-state index contributed by atoms with van der Waals surface area (Å²) < 4.78 is 0. The van der Waals surface area contributed by atoms with Crippen LogP contribution < -0.4 is 4.90 Å². The molecule has 0 bridgehead atoms. The summed E-state index contributed by atoms with van der Waals surface area (Å²) in [5.41, 5.74) is 3.81. The fourth-order valence-corrected chi connectivity index (χ4v) is 3.38. The summed E-state index contributed by atoms with van der Waals surface area (Å²) in [6, 6.07) is 4.83. The Kier molecular flexibility index (Phi) is 3.91. The summed E-state index contributed by atoms with van der Waals surface area (Å²) in [6.07, 6.45) is 8.36. The maximum atomic E-state index is 4.44. The molecule has 0 amide bonds. The Hall–Kier alpha value is -2.08. The van der Waals surface area contributed by atoms with E-state index in [-0.39, 0.29) is 0 Å². The van der Waals surface area contributed by atoms with Crippen molar-refractivity contribution in [1.29, 1.82) is 0 Å². The van der Waals surface area contributed by atoms with Crippen LogP contribution >= 0.6 is 0 Å². The van der Waals surface area contributed by atoms with Gasteiger partial charge in [-0.1, -0.05) is 0 Å². The monoisotopic (exact) mass is 310 g/mol. The van der Waals surface area contributed by atoms with Crippen LogP contribution in [0.4, 0.5) is 5.82 Å². The highest BCUT2D eigenvalue weighted by atomic mass is 15.4. The molecule has 2 aliphatic rings. The van der Waals surface area contributed by atoms with E-state index in [1.165, 1.54) is 29.7 Å². The highest BCUT2D eigenvalue weighted by Gasteiger charge is 2.31. The van der Waals surface area contributed by atoms with Crippen molar-refractivity contribution >= 4 is 5.82 Å². The average molecular weight is 310 g/mol. The van der Waals surface area contributed by atoms with Gasteiger partial charge in [0, 0.05) is 31.9 Å². The first kappa shape index (κ1) is 14.5. The van der Waals surface area contributed by atoms with Crippen molar-refractivity contribution in [2.45, 2.75) is 38.3 Å². The molecule has 0 atom stereocenters. The smallest absolute Gasteiger partial charge is 0.151 e. The van der Waals surface area contributed by atoms with E-state index in [0.717, 1.165) is 38.3 Å². The summed E-state index contributed by atoms with van der Waals surface area (Å²) >= 11 is 0. The number of fused-ring (bicyclic) bond motifs is 1. The van der Waals surface area contributed by atoms with Crippen molar-refractivity contribution < 1.29 is 0 Å². The van der Waals surface area contributed by atoms with Gasteiger partial charge in [0.05, 0.1) is 11.9 Å². The van der Waals surface area contributed by atoms with Crippen LogP contribution in [0.5, 0.6) is 0 Å². The Morgan fingerprint density at radius 2 is 2.04 bits per heavy atom. The molecule has 0 saturated carbocycles. The molecule has 4 rings (SSSR count). The van der Waals surface area contributed by atoms with Crippen LogP contribution in [0.3, 0.4) is 0 Å². The number of nitrogens with zero attached hydrogens (tertiary/aromatic N) is 6. The second kappa shape index (κ2) is 6.20. The second-order valence-corrected chi connectivity index (χ2v) is 6.61. The summed E-state index contributed by atoms with van der Waals surface area (Å²) in [6.45, 7) is 2.94. The zero-order valence-corrected chi connectivity index (χ0v) is 13.5. The lowest BCUT2D eigenvalue weighted by atomic mass is 9.96. The Labute approximate surface area is 136 Å². The number of aryl methyl sites for hydroxylation is 2. The number of anilines is 1. The van der Waals surface area contributed by atoms with E-state index < -0.39 is 0 Å². The van der Waals surface area contributed by atoms with Crippen LogP contribution in [-0.4, -0.2) is 51.5 Å². The minimum absolute atomic E-state index is 0.556. The number of rotatable bonds is 4. The molecular weight excluding hydrogens is 288 g/mol. The molecule has 0 aromatic carbocycles. The first-order chi connectivity index (χ1) is 11.3. The fraction of sp³-hybridized carbons (Fsp3) is 0.529. The third-order valence-corrected chi connectivity index (χ3v) is 4.94. The Morgan fingerprint density at radius 1 is 1.17 bits per heavy atom. The summed E-state index contributed by atoms with van der Waals surface area (Å²) in [4.78, 5) is 4.70. The SMILES string of the molecule is CN(Cc1ccnnc1)C1CN(c2cc3c(nn2)CCCC3)C1. The van der Waals surface area contributed by atoms with Gasteiger partial charge in [-0.15, -0.1) is 5.10 Å².